The Kier molecular flexibility index (Phi) is 5.27. The third-order valence-corrected chi connectivity index (χ3v) is 4.59. The summed E-state index contributed by atoms with van der Waals surface area (Å²) in [5.74, 6) is 0.366. The number of hydrogen-bond donors (Lipinski definition) is 1. The van der Waals surface area contributed by atoms with Crippen molar-refractivity contribution in [2.45, 2.75) is 0 Å². The van der Waals surface area contributed by atoms with E-state index in [0.717, 1.165) is 11.3 Å². The molecule has 4 rings (SSSR count). The minimum absolute atomic E-state index is 0.287. The monoisotopic (exact) mass is 394 g/mol. The van der Waals surface area contributed by atoms with Crippen LogP contribution in [0.2, 0.25) is 0 Å². The van der Waals surface area contributed by atoms with Crippen LogP contribution in [0.5, 0.6) is 5.75 Å². The number of benzene rings is 3. The van der Waals surface area contributed by atoms with Gasteiger partial charge in [0.15, 0.2) is 0 Å². The molecule has 0 aliphatic carbocycles. The van der Waals surface area contributed by atoms with E-state index in [0.29, 0.717) is 28.3 Å². The summed E-state index contributed by atoms with van der Waals surface area (Å²) in [6.45, 7) is 0. The third-order valence-electron chi connectivity index (χ3n) is 4.59. The Morgan fingerprint density at radius 3 is 2.50 bits per heavy atom. The van der Waals surface area contributed by atoms with Gasteiger partial charge in [-0.3, -0.25) is 4.79 Å². The van der Waals surface area contributed by atoms with Gasteiger partial charge >= 0.3 is 0 Å². The number of methoxy groups -OCH3 is 1. The largest absolute Gasteiger partial charge is 0.497 e. The highest BCUT2D eigenvalue weighted by Gasteiger charge is 2.19. The van der Waals surface area contributed by atoms with Crippen LogP contribution in [-0.2, 0) is 0 Å². The smallest absolute Gasteiger partial charge is 0.259 e. The Bertz CT molecular complexity index is 1220. The van der Waals surface area contributed by atoms with Gasteiger partial charge in [-0.1, -0.05) is 36.4 Å². The van der Waals surface area contributed by atoms with Gasteiger partial charge in [-0.25, -0.2) is 4.68 Å². The molecule has 1 aromatic heterocycles. The Labute approximate surface area is 174 Å². The predicted molar refractivity (Wildman–Crippen MR) is 115 cm³/mol. The van der Waals surface area contributed by atoms with Crippen molar-refractivity contribution in [3.8, 4) is 28.8 Å². The van der Waals surface area contributed by atoms with E-state index in [1.54, 1.807) is 54.4 Å². The van der Waals surface area contributed by atoms with Gasteiger partial charge in [0.2, 0.25) is 0 Å². The van der Waals surface area contributed by atoms with Gasteiger partial charge in [0.05, 0.1) is 30.0 Å². The van der Waals surface area contributed by atoms with Gasteiger partial charge in [-0.15, -0.1) is 0 Å². The van der Waals surface area contributed by atoms with E-state index >= 15 is 0 Å². The van der Waals surface area contributed by atoms with E-state index < -0.39 is 0 Å². The molecule has 1 N–H and O–H groups in total. The summed E-state index contributed by atoms with van der Waals surface area (Å²) in [7, 11) is 1.58. The molecule has 6 nitrogen and oxygen atoms in total. The molecule has 0 aliphatic heterocycles. The molecule has 0 unspecified atom stereocenters. The van der Waals surface area contributed by atoms with Crippen molar-refractivity contribution in [1.82, 2.24) is 9.78 Å². The van der Waals surface area contributed by atoms with Crippen LogP contribution >= 0.6 is 0 Å². The molecule has 1 heterocycles. The number of nitrogens with zero attached hydrogens (tertiary/aromatic N) is 3. The molecule has 0 fully saturated rings. The fraction of sp³-hybridized carbons (Fsp3) is 0.0417. The Balaban J connectivity index is 1.75. The molecule has 0 bridgehead atoms. The Morgan fingerprint density at radius 1 is 1.03 bits per heavy atom. The number of rotatable bonds is 5. The first-order valence-electron chi connectivity index (χ1n) is 9.29. The van der Waals surface area contributed by atoms with E-state index in [2.05, 4.69) is 16.5 Å². The number of ether oxygens (including phenoxy) is 1. The van der Waals surface area contributed by atoms with Crippen molar-refractivity contribution >= 4 is 11.6 Å². The van der Waals surface area contributed by atoms with Crippen molar-refractivity contribution in [2.24, 2.45) is 0 Å². The van der Waals surface area contributed by atoms with E-state index in [4.69, 9.17) is 10.00 Å². The van der Waals surface area contributed by atoms with Crippen molar-refractivity contribution in [2.75, 3.05) is 12.4 Å². The van der Waals surface area contributed by atoms with Crippen LogP contribution in [-0.4, -0.2) is 22.8 Å². The second-order valence-electron chi connectivity index (χ2n) is 6.55. The molecule has 0 aliphatic rings. The summed E-state index contributed by atoms with van der Waals surface area (Å²) in [5, 5.41) is 16.6. The third kappa shape index (κ3) is 3.91. The lowest BCUT2D eigenvalue weighted by atomic mass is 10.1. The average Bonchev–Trinajstić information content (AvgIpc) is 3.25. The molecule has 3 aromatic carbocycles. The fourth-order valence-corrected chi connectivity index (χ4v) is 3.07. The van der Waals surface area contributed by atoms with Crippen LogP contribution in [0.15, 0.2) is 85.1 Å². The van der Waals surface area contributed by atoms with Gasteiger partial charge in [-0.2, -0.15) is 10.4 Å². The number of amides is 1. The number of carbonyl (C=O) groups is 1. The van der Waals surface area contributed by atoms with Crippen LogP contribution in [0.3, 0.4) is 0 Å². The highest BCUT2D eigenvalue weighted by Crippen LogP contribution is 2.26. The Hall–Kier alpha value is -4.37. The lowest BCUT2D eigenvalue weighted by Gasteiger charge is -2.07. The zero-order valence-electron chi connectivity index (χ0n) is 16.2. The highest BCUT2D eigenvalue weighted by atomic mass is 16.5. The van der Waals surface area contributed by atoms with E-state index in [9.17, 15) is 4.79 Å². The van der Waals surface area contributed by atoms with Crippen LogP contribution in [0.1, 0.15) is 15.9 Å². The van der Waals surface area contributed by atoms with Gasteiger partial charge in [0.25, 0.3) is 5.91 Å². The second-order valence-corrected chi connectivity index (χ2v) is 6.55. The molecular formula is C24H18N4O2. The number of carbonyl (C=O) groups excluding carboxylic acids is 1. The SMILES string of the molecule is COc1cccc(NC(=O)c2cn(-c3ccccc3)nc2-c2ccc(C#N)cc2)c1. The predicted octanol–water partition coefficient (Wildman–Crippen LogP) is 4.67. The summed E-state index contributed by atoms with van der Waals surface area (Å²) < 4.78 is 6.90. The zero-order chi connectivity index (χ0) is 20.9. The molecular weight excluding hydrogens is 376 g/mol. The molecule has 0 saturated carbocycles. The molecule has 0 radical (unpaired) electrons. The lowest BCUT2D eigenvalue weighted by Crippen LogP contribution is -2.12. The number of hydrogen-bond acceptors (Lipinski definition) is 4. The minimum atomic E-state index is -0.287. The van der Waals surface area contributed by atoms with E-state index in [-0.39, 0.29) is 5.91 Å². The topological polar surface area (TPSA) is 79.9 Å². The number of nitriles is 1. The van der Waals surface area contributed by atoms with Crippen molar-refractivity contribution < 1.29 is 9.53 Å². The first-order valence-corrected chi connectivity index (χ1v) is 9.29. The maximum absolute atomic E-state index is 13.1. The number of aromatic nitrogens is 2. The molecule has 0 atom stereocenters. The van der Waals surface area contributed by atoms with Crippen molar-refractivity contribution in [3.05, 3.63) is 96.2 Å². The minimum Gasteiger partial charge on any atom is -0.497 e. The van der Waals surface area contributed by atoms with Crippen LogP contribution in [0.25, 0.3) is 16.9 Å². The summed E-state index contributed by atoms with van der Waals surface area (Å²) in [6, 6.07) is 25.8. The fourth-order valence-electron chi connectivity index (χ4n) is 3.07. The molecule has 1 amide bonds. The summed E-state index contributed by atoms with van der Waals surface area (Å²) in [5.41, 5.74) is 3.71. The summed E-state index contributed by atoms with van der Waals surface area (Å²) >= 11 is 0. The first kappa shape index (κ1) is 19.0. The average molecular weight is 394 g/mol. The van der Waals surface area contributed by atoms with E-state index in [1.807, 2.05) is 42.5 Å². The van der Waals surface area contributed by atoms with Gasteiger partial charge < -0.3 is 10.1 Å². The van der Waals surface area contributed by atoms with Crippen LogP contribution in [0.4, 0.5) is 5.69 Å². The van der Waals surface area contributed by atoms with Gasteiger partial charge in [0, 0.05) is 23.5 Å². The molecule has 4 aromatic rings. The standard InChI is InChI=1S/C24H18N4O2/c1-30-21-9-5-6-19(14-21)26-24(29)22-16-28(20-7-3-2-4-8-20)27-23(22)18-12-10-17(15-25)11-13-18/h2-14,16H,1H3,(H,26,29). The second kappa shape index (κ2) is 8.33. The Morgan fingerprint density at radius 2 is 1.80 bits per heavy atom. The van der Waals surface area contributed by atoms with Gasteiger partial charge in [-0.05, 0) is 36.4 Å². The zero-order valence-corrected chi connectivity index (χ0v) is 16.2. The maximum Gasteiger partial charge on any atom is 0.259 e. The first-order chi connectivity index (χ1) is 14.7. The molecule has 30 heavy (non-hydrogen) atoms. The van der Waals surface area contributed by atoms with Crippen molar-refractivity contribution in [3.63, 3.8) is 0 Å². The number of para-hydroxylation sites is 1. The van der Waals surface area contributed by atoms with Gasteiger partial charge in [0.1, 0.15) is 11.4 Å². The van der Waals surface area contributed by atoms with Crippen molar-refractivity contribution in [1.29, 1.82) is 5.26 Å². The molecule has 0 saturated heterocycles. The molecule has 6 heteroatoms. The maximum atomic E-state index is 13.1. The quantitative estimate of drug-likeness (QED) is 0.533. The number of nitrogens with one attached hydrogen (secondary N) is 1. The molecule has 146 valence electrons. The normalized spacial score (nSPS) is 10.3. The van der Waals surface area contributed by atoms with Crippen LogP contribution in [0, 0.1) is 11.3 Å². The highest BCUT2D eigenvalue weighted by molar-refractivity contribution is 6.08. The summed E-state index contributed by atoms with van der Waals surface area (Å²) in [4.78, 5) is 13.1. The number of anilines is 1. The lowest BCUT2D eigenvalue weighted by molar-refractivity contribution is 0.102. The molecule has 0 spiro atoms. The summed E-state index contributed by atoms with van der Waals surface area (Å²) in [6.07, 6.45) is 1.71. The van der Waals surface area contributed by atoms with Crippen LogP contribution < -0.4 is 10.1 Å². The van der Waals surface area contributed by atoms with E-state index in [1.165, 1.54) is 0 Å².